The van der Waals surface area contributed by atoms with E-state index in [-0.39, 0.29) is 80.0 Å². The Bertz CT molecular complexity index is 1840. The van der Waals surface area contributed by atoms with Gasteiger partial charge in [0.05, 0.1) is 12.1 Å². The van der Waals surface area contributed by atoms with Crippen LogP contribution in [0, 0.1) is 11.6 Å². The van der Waals surface area contributed by atoms with Crippen molar-refractivity contribution in [3.63, 3.8) is 0 Å². The van der Waals surface area contributed by atoms with Gasteiger partial charge in [0, 0.05) is 62.1 Å². The Morgan fingerprint density at radius 1 is 0.571 bits per heavy atom. The number of aliphatic hydroxyl groups is 2. The second-order valence-corrected chi connectivity index (χ2v) is 16.8. The lowest BCUT2D eigenvalue weighted by Crippen LogP contribution is -2.41. The van der Waals surface area contributed by atoms with Crippen molar-refractivity contribution in [2.24, 2.45) is 9.98 Å². The number of halogens is 6. The number of likely N-dealkylation sites (tertiary alicyclic amines) is 2. The molecule has 0 aromatic heterocycles. The highest BCUT2D eigenvalue weighted by Gasteiger charge is 2.24. The summed E-state index contributed by atoms with van der Waals surface area (Å²) in [6, 6.07) is 29.1. The SMILES string of the molecule is Cl.Cl.Cl.Cl.O.OC(COc1ccc(F)cc1)CN1CCC(N=C2Nc3ccccc3CS2)CC1.OC(COc1ccc(F)cc1)CN1CCC(N=C2Nc3ccccc3CS2)CC1. The molecule has 0 radical (unpaired) electrons. The molecule has 0 bridgehead atoms. The molecule has 2 unspecified atom stereocenters. The summed E-state index contributed by atoms with van der Waals surface area (Å²) in [5.74, 6) is 2.46. The summed E-state index contributed by atoms with van der Waals surface area (Å²) in [4.78, 5) is 14.3. The van der Waals surface area contributed by atoms with Crippen LogP contribution in [-0.4, -0.2) is 113 Å². The molecular formula is C44H58Cl4F2N6O5S2. The fourth-order valence-electron chi connectivity index (χ4n) is 7.21. The highest BCUT2D eigenvalue weighted by atomic mass is 35.5. The largest absolute Gasteiger partial charge is 0.491 e. The molecule has 4 aromatic rings. The summed E-state index contributed by atoms with van der Waals surface area (Å²) < 4.78 is 36.9. The number of aliphatic imine (C=N–C) groups is 2. The van der Waals surface area contributed by atoms with Gasteiger partial charge in [-0.2, -0.15) is 0 Å². The molecule has 4 aliphatic heterocycles. The molecule has 2 saturated heterocycles. The van der Waals surface area contributed by atoms with Gasteiger partial charge in [0.15, 0.2) is 10.3 Å². The highest BCUT2D eigenvalue weighted by molar-refractivity contribution is 8.13. The highest BCUT2D eigenvalue weighted by Crippen LogP contribution is 2.30. The molecule has 0 aliphatic carbocycles. The van der Waals surface area contributed by atoms with Crippen molar-refractivity contribution in [3.05, 3.63) is 120 Å². The van der Waals surface area contributed by atoms with E-state index in [9.17, 15) is 19.0 Å². The van der Waals surface area contributed by atoms with Crippen LogP contribution in [0.2, 0.25) is 0 Å². The summed E-state index contributed by atoms with van der Waals surface area (Å²) in [5.41, 5.74) is 4.96. The topological polar surface area (TPSA) is 146 Å². The minimum absolute atomic E-state index is 0. The molecule has 19 heteroatoms. The molecule has 11 nitrogen and oxygen atoms in total. The molecule has 4 heterocycles. The molecule has 63 heavy (non-hydrogen) atoms. The van der Waals surface area contributed by atoms with Gasteiger partial charge in [0.1, 0.15) is 48.6 Å². The van der Waals surface area contributed by atoms with Crippen LogP contribution in [-0.2, 0) is 11.5 Å². The number of nitrogens with one attached hydrogen (secondary N) is 2. The average Bonchev–Trinajstić information content (AvgIpc) is 3.25. The molecule has 2 atom stereocenters. The predicted molar refractivity (Wildman–Crippen MR) is 265 cm³/mol. The van der Waals surface area contributed by atoms with Crippen molar-refractivity contribution in [3.8, 4) is 11.5 Å². The summed E-state index contributed by atoms with van der Waals surface area (Å²) >= 11 is 3.52. The minimum Gasteiger partial charge on any atom is -0.491 e. The molecule has 0 saturated carbocycles. The van der Waals surface area contributed by atoms with E-state index in [1.54, 1.807) is 47.8 Å². The van der Waals surface area contributed by atoms with Crippen LogP contribution in [0.25, 0.3) is 0 Å². The van der Waals surface area contributed by atoms with Gasteiger partial charge < -0.3 is 45.6 Å². The Balaban J connectivity index is 0.000000402. The van der Waals surface area contributed by atoms with E-state index in [0.717, 1.165) is 85.1 Å². The van der Waals surface area contributed by atoms with Gasteiger partial charge in [-0.1, -0.05) is 59.9 Å². The van der Waals surface area contributed by atoms with Crippen molar-refractivity contribution in [1.29, 1.82) is 0 Å². The van der Waals surface area contributed by atoms with E-state index in [0.29, 0.717) is 36.7 Å². The van der Waals surface area contributed by atoms with Crippen molar-refractivity contribution >= 4 is 94.9 Å². The van der Waals surface area contributed by atoms with E-state index in [2.05, 4.69) is 56.8 Å². The zero-order chi connectivity index (χ0) is 40.1. The zero-order valence-electron chi connectivity index (χ0n) is 34.7. The van der Waals surface area contributed by atoms with Crippen molar-refractivity contribution in [1.82, 2.24) is 9.80 Å². The maximum atomic E-state index is 12.9. The third-order valence-corrected chi connectivity index (χ3v) is 12.3. The number of hydrogen-bond acceptors (Lipinski definition) is 10. The number of benzene rings is 4. The lowest BCUT2D eigenvalue weighted by Gasteiger charge is -2.32. The lowest BCUT2D eigenvalue weighted by molar-refractivity contribution is 0.0597. The number of nitrogens with zero attached hydrogens (tertiary/aromatic N) is 4. The van der Waals surface area contributed by atoms with Gasteiger partial charge in [0.25, 0.3) is 0 Å². The van der Waals surface area contributed by atoms with Crippen LogP contribution in [0.15, 0.2) is 107 Å². The maximum Gasteiger partial charge on any atom is 0.161 e. The second-order valence-electron chi connectivity index (χ2n) is 14.9. The Morgan fingerprint density at radius 2 is 0.921 bits per heavy atom. The number of anilines is 2. The van der Waals surface area contributed by atoms with E-state index in [1.165, 1.54) is 35.4 Å². The van der Waals surface area contributed by atoms with Gasteiger partial charge in [-0.3, -0.25) is 9.98 Å². The summed E-state index contributed by atoms with van der Waals surface area (Å²) in [7, 11) is 0. The van der Waals surface area contributed by atoms with Gasteiger partial charge in [0.2, 0.25) is 0 Å². The standard InChI is InChI=1S/2C22H26FN3O2S.4ClH.H2O/c2*23-17-5-7-20(8-6-17)28-14-19(27)13-26-11-9-18(10-12-26)24-22-25-21-4-2-1-3-16(21)15-29-22;;;;;/h2*1-8,18-19,27H,9-15H2,(H,24,25);4*1H;1H2. The third kappa shape index (κ3) is 18.0. The second kappa shape index (κ2) is 28.8. The van der Waals surface area contributed by atoms with Crippen LogP contribution < -0.4 is 20.1 Å². The number of aliphatic hydroxyl groups excluding tert-OH is 2. The maximum absolute atomic E-state index is 12.9. The Morgan fingerprint density at radius 3 is 1.29 bits per heavy atom. The number of para-hydroxylation sites is 2. The normalized spacial score (nSPS) is 18.5. The number of fused-ring (bicyclic) bond motifs is 2. The van der Waals surface area contributed by atoms with E-state index >= 15 is 0 Å². The van der Waals surface area contributed by atoms with Crippen LogP contribution >= 0.6 is 73.2 Å². The van der Waals surface area contributed by atoms with Gasteiger partial charge in [-0.25, -0.2) is 8.78 Å². The third-order valence-electron chi connectivity index (χ3n) is 10.4. The lowest BCUT2D eigenvalue weighted by atomic mass is 10.1. The fourth-order valence-corrected chi connectivity index (χ4v) is 9.11. The van der Waals surface area contributed by atoms with Crippen molar-refractivity contribution in [2.45, 2.75) is 61.5 Å². The van der Waals surface area contributed by atoms with Crippen molar-refractivity contribution < 1.29 is 33.9 Å². The number of rotatable bonds is 12. The fraction of sp³-hybridized carbons (Fsp3) is 0.409. The Kier molecular flexibility index (Phi) is 25.6. The molecule has 4 aliphatic rings. The molecule has 0 amide bonds. The monoisotopic (exact) mass is 992 g/mol. The first-order chi connectivity index (χ1) is 28.3. The van der Waals surface area contributed by atoms with E-state index in [1.807, 2.05) is 12.1 Å². The molecule has 4 aromatic carbocycles. The number of β-amino-alcohol motifs (C(OH)–C–C–N with tert-alkyl or cyclic N) is 2. The number of amidine groups is 2. The van der Waals surface area contributed by atoms with Gasteiger partial charge >= 0.3 is 0 Å². The summed E-state index contributed by atoms with van der Waals surface area (Å²) in [5, 5.41) is 29.4. The molecule has 6 N–H and O–H groups in total. The smallest absolute Gasteiger partial charge is 0.161 e. The Labute approximate surface area is 402 Å². The number of piperidine rings is 2. The predicted octanol–water partition coefficient (Wildman–Crippen LogP) is 8.35. The van der Waals surface area contributed by atoms with Crippen LogP contribution in [0.4, 0.5) is 20.2 Å². The summed E-state index contributed by atoms with van der Waals surface area (Å²) in [6.45, 7) is 5.20. The zero-order valence-corrected chi connectivity index (χ0v) is 39.6. The van der Waals surface area contributed by atoms with Crippen molar-refractivity contribution in [2.75, 3.05) is 63.1 Å². The van der Waals surface area contributed by atoms with Crippen LogP contribution in [0.1, 0.15) is 36.8 Å². The first-order valence-electron chi connectivity index (χ1n) is 20.0. The molecule has 2 fully saturated rings. The summed E-state index contributed by atoms with van der Waals surface area (Å²) in [6.07, 6.45) is 2.79. The number of thioether (sulfide) groups is 2. The first kappa shape index (κ1) is 56.1. The first-order valence-corrected chi connectivity index (χ1v) is 22.0. The minimum atomic E-state index is -0.574. The van der Waals surface area contributed by atoms with Crippen LogP contribution in [0.5, 0.6) is 11.5 Å². The van der Waals surface area contributed by atoms with Gasteiger partial charge in [-0.15, -0.1) is 49.6 Å². The molecule has 348 valence electrons. The molecule has 8 rings (SSSR count). The van der Waals surface area contributed by atoms with E-state index < -0.39 is 12.2 Å². The quantitative estimate of drug-likeness (QED) is 0.109. The molecule has 0 spiro atoms. The van der Waals surface area contributed by atoms with Gasteiger partial charge in [-0.05, 0) is 97.5 Å². The Hall–Kier alpha value is -3.06. The molecular weight excluding hydrogens is 936 g/mol. The van der Waals surface area contributed by atoms with E-state index in [4.69, 9.17) is 19.5 Å². The number of hydrogen-bond donors (Lipinski definition) is 4. The average molecular weight is 995 g/mol. The number of ether oxygens (including phenoxy) is 2. The van der Waals surface area contributed by atoms with Crippen LogP contribution in [0.3, 0.4) is 0 Å².